The summed E-state index contributed by atoms with van der Waals surface area (Å²) in [6, 6.07) is 0. The summed E-state index contributed by atoms with van der Waals surface area (Å²) in [5, 5.41) is 0.581. The number of hydrogen-bond donors (Lipinski definition) is 0. The third kappa shape index (κ3) is 2.79. The number of ether oxygens (including phenoxy) is 1. The monoisotopic (exact) mass is 188 g/mol. The van der Waals surface area contributed by atoms with E-state index in [-0.39, 0.29) is 5.92 Å². The Balaban J connectivity index is 2.08. The Kier molecular flexibility index (Phi) is 4.09. The molecule has 12 heavy (non-hydrogen) atoms. The van der Waals surface area contributed by atoms with Crippen LogP contribution in [0.1, 0.15) is 20.3 Å². The first kappa shape index (κ1) is 10.1. The number of ketones is 1. The highest BCUT2D eigenvalue weighted by Gasteiger charge is 2.20. The van der Waals surface area contributed by atoms with Gasteiger partial charge in [0.05, 0.1) is 24.2 Å². The van der Waals surface area contributed by atoms with Gasteiger partial charge < -0.3 is 4.74 Å². The molecule has 2 nitrogen and oxygen atoms in total. The first-order valence-electron chi connectivity index (χ1n) is 4.46. The van der Waals surface area contributed by atoms with Crippen molar-refractivity contribution in [2.75, 3.05) is 19.0 Å². The van der Waals surface area contributed by atoms with Crippen LogP contribution >= 0.6 is 11.8 Å². The third-order valence-corrected chi connectivity index (χ3v) is 3.43. The summed E-state index contributed by atoms with van der Waals surface area (Å²) >= 11 is 1.74. The molecule has 3 heteroatoms. The van der Waals surface area contributed by atoms with Crippen LogP contribution in [0.25, 0.3) is 0 Å². The van der Waals surface area contributed by atoms with E-state index in [1.807, 2.05) is 6.92 Å². The number of rotatable bonds is 5. The highest BCUT2D eigenvalue weighted by molar-refractivity contribution is 8.00. The van der Waals surface area contributed by atoms with E-state index in [9.17, 15) is 4.79 Å². The van der Waals surface area contributed by atoms with Gasteiger partial charge in [0.15, 0.2) is 0 Å². The lowest BCUT2D eigenvalue weighted by atomic mass is 10.1. The molecule has 1 saturated heterocycles. The Labute approximate surface area is 78.1 Å². The minimum atomic E-state index is 0.235. The van der Waals surface area contributed by atoms with Crippen molar-refractivity contribution < 1.29 is 9.53 Å². The molecule has 0 spiro atoms. The van der Waals surface area contributed by atoms with Gasteiger partial charge in [0.1, 0.15) is 5.78 Å². The molecule has 1 aliphatic rings. The van der Waals surface area contributed by atoms with Gasteiger partial charge in [0, 0.05) is 5.92 Å². The summed E-state index contributed by atoms with van der Waals surface area (Å²) in [5.74, 6) is 1.29. The zero-order valence-electron chi connectivity index (χ0n) is 7.71. The molecule has 70 valence electrons. The Morgan fingerprint density at radius 1 is 1.67 bits per heavy atom. The fraction of sp³-hybridized carbons (Fsp3) is 0.889. The average Bonchev–Trinajstić information content (AvgIpc) is 2.00. The van der Waals surface area contributed by atoms with Gasteiger partial charge >= 0.3 is 0 Å². The SMILES string of the molecule is CCC(C)C(=O)CSC1COC1. The van der Waals surface area contributed by atoms with Crippen LogP contribution in [0.4, 0.5) is 0 Å². The van der Waals surface area contributed by atoms with E-state index in [2.05, 4.69) is 6.92 Å². The predicted octanol–water partition coefficient (Wildman–Crippen LogP) is 1.73. The summed E-state index contributed by atoms with van der Waals surface area (Å²) in [6.45, 7) is 5.72. The maximum atomic E-state index is 11.4. The minimum Gasteiger partial charge on any atom is -0.379 e. The van der Waals surface area contributed by atoms with Crippen LogP contribution in [-0.2, 0) is 9.53 Å². The highest BCUT2D eigenvalue weighted by Crippen LogP contribution is 2.20. The largest absolute Gasteiger partial charge is 0.379 e. The van der Waals surface area contributed by atoms with Crippen LogP contribution in [-0.4, -0.2) is 30.0 Å². The Morgan fingerprint density at radius 3 is 2.75 bits per heavy atom. The fourth-order valence-corrected chi connectivity index (χ4v) is 1.95. The van der Waals surface area contributed by atoms with Gasteiger partial charge in [-0.1, -0.05) is 13.8 Å². The van der Waals surface area contributed by atoms with E-state index < -0.39 is 0 Å². The average molecular weight is 188 g/mol. The van der Waals surface area contributed by atoms with Crippen LogP contribution < -0.4 is 0 Å². The smallest absolute Gasteiger partial charge is 0.145 e. The van der Waals surface area contributed by atoms with Crippen molar-refractivity contribution in [3.63, 3.8) is 0 Å². The van der Waals surface area contributed by atoms with Gasteiger partial charge in [0.2, 0.25) is 0 Å². The normalized spacial score (nSPS) is 20.2. The quantitative estimate of drug-likeness (QED) is 0.657. The maximum Gasteiger partial charge on any atom is 0.145 e. The molecule has 1 heterocycles. The first-order chi connectivity index (χ1) is 5.74. The fourth-order valence-electron chi connectivity index (χ4n) is 0.880. The van der Waals surface area contributed by atoms with Crippen LogP contribution in [0.3, 0.4) is 0 Å². The van der Waals surface area contributed by atoms with E-state index in [1.165, 1.54) is 0 Å². The van der Waals surface area contributed by atoms with E-state index in [1.54, 1.807) is 11.8 Å². The Bertz CT molecular complexity index is 155. The second-order valence-corrected chi connectivity index (χ2v) is 4.53. The molecule has 0 bridgehead atoms. The molecule has 1 aliphatic heterocycles. The van der Waals surface area contributed by atoms with E-state index >= 15 is 0 Å². The third-order valence-electron chi connectivity index (χ3n) is 2.23. The maximum absolute atomic E-state index is 11.4. The lowest BCUT2D eigenvalue weighted by Gasteiger charge is -2.25. The van der Waals surface area contributed by atoms with Gasteiger partial charge in [-0.2, -0.15) is 0 Å². The standard InChI is InChI=1S/C9H16O2S/c1-3-7(2)9(10)6-12-8-4-11-5-8/h7-8H,3-6H2,1-2H3. The molecule has 0 N–H and O–H groups in total. The van der Waals surface area contributed by atoms with Crippen molar-refractivity contribution in [1.82, 2.24) is 0 Å². The van der Waals surface area contributed by atoms with E-state index in [0.717, 1.165) is 19.6 Å². The molecule has 0 radical (unpaired) electrons. The van der Waals surface area contributed by atoms with Crippen molar-refractivity contribution >= 4 is 17.5 Å². The molecule has 0 aliphatic carbocycles. The molecule has 0 aromatic carbocycles. The summed E-state index contributed by atoms with van der Waals surface area (Å²) in [5.41, 5.74) is 0. The zero-order chi connectivity index (χ0) is 8.97. The molecule has 0 aromatic rings. The lowest BCUT2D eigenvalue weighted by Crippen LogP contribution is -2.31. The summed E-state index contributed by atoms with van der Waals surface area (Å²) < 4.78 is 5.02. The minimum absolute atomic E-state index is 0.235. The van der Waals surface area contributed by atoms with Crippen molar-refractivity contribution in [1.29, 1.82) is 0 Å². The second-order valence-electron chi connectivity index (χ2n) is 3.25. The molecule has 1 fully saturated rings. The van der Waals surface area contributed by atoms with Crippen molar-refractivity contribution in [3.8, 4) is 0 Å². The topological polar surface area (TPSA) is 26.3 Å². The molecular formula is C9H16O2S. The lowest BCUT2D eigenvalue weighted by molar-refractivity contribution is -0.119. The zero-order valence-corrected chi connectivity index (χ0v) is 8.52. The summed E-state index contributed by atoms with van der Waals surface area (Å²) in [7, 11) is 0. The van der Waals surface area contributed by atoms with Crippen LogP contribution in [0.5, 0.6) is 0 Å². The number of hydrogen-bond acceptors (Lipinski definition) is 3. The summed E-state index contributed by atoms with van der Waals surface area (Å²) in [6.07, 6.45) is 0.959. The van der Waals surface area contributed by atoms with Crippen LogP contribution in [0.2, 0.25) is 0 Å². The number of thioether (sulfide) groups is 1. The second kappa shape index (κ2) is 4.87. The predicted molar refractivity (Wildman–Crippen MR) is 51.5 cm³/mol. The molecule has 1 rings (SSSR count). The first-order valence-corrected chi connectivity index (χ1v) is 5.51. The van der Waals surface area contributed by atoms with E-state index in [4.69, 9.17) is 4.74 Å². The van der Waals surface area contributed by atoms with Gasteiger partial charge in [0.25, 0.3) is 0 Å². The Morgan fingerprint density at radius 2 is 2.33 bits per heavy atom. The molecule has 1 atom stereocenters. The number of carbonyl (C=O) groups is 1. The molecule has 0 aromatic heterocycles. The number of Topliss-reactive ketones (excluding diaryl/α,β-unsaturated/α-hetero) is 1. The van der Waals surface area contributed by atoms with Crippen LogP contribution in [0.15, 0.2) is 0 Å². The van der Waals surface area contributed by atoms with Crippen molar-refractivity contribution in [3.05, 3.63) is 0 Å². The number of carbonyl (C=O) groups excluding carboxylic acids is 1. The van der Waals surface area contributed by atoms with Gasteiger partial charge in [-0.15, -0.1) is 11.8 Å². The van der Waals surface area contributed by atoms with Gasteiger partial charge in [-0.05, 0) is 6.42 Å². The van der Waals surface area contributed by atoms with Crippen LogP contribution in [0, 0.1) is 5.92 Å². The van der Waals surface area contributed by atoms with Crippen molar-refractivity contribution in [2.24, 2.45) is 5.92 Å². The highest BCUT2D eigenvalue weighted by atomic mass is 32.2. The van der Waals surface area contributed by atoms with Gasteiger partial charge in [-0.3, -0.25) is 4.79 Å². The molecular weight excluding hydrogens is 172 g/mol. The van der Waals surface area contributed by atoms with Gasteiger partial charge in [-0.25, -0.2) is 0 Å². The molecule has 1 unspecified atom stereocenters. The molecule has 0 amide bonds. The van der Waals surface area contributed by atoms with E-state index in [0.29, 0.717) is 16.8 Å². The molecule has 0 saturated carbocycles. The van der Waals surface area contributed by atoms with Crippen molar-refractivity contribution in [2.45, 2.75) is 25.5 Å². The Hall–Kier alpha value is -0.0200. The summed E-state index contributed by atoms with van der Waals surface area (Å²) in [4.78, 5) is 11.4.